The van der Waals surface area contributed by atoms with Crippen molar-refractivity contribution in [1.29, 1.82) is 0 Å². The molecular weight excluding hydrogens is 456 g/mol. The van der Waals surface area contributed by atoms with E-state index in [1.165, 1.54) is 13.0 Å². The Morgan fingerprint density at radius 3 is 2.50 bits per heavy atom. The van der Waals surface area contributed by atoms with Gasteiger partial charge in [0.05, 0.1) is 36.5 Å². The number of nitrogens with zero attached hydrogens (tertiary/aromatic N) is 2. The molecule has 0 atom stereocenters. The molecule has 1 aromatic carbocycles. The van der Waals surface area contributed by atoms with Crippen LogP contribution in [0.2, 0.25) is 0 Å². The van der Waals surface area contributed by atoms with Crippen molar-refractivity contribution < 1.29 is 31.8 Å². The van der Waals surface area contributed by atoms with Crippen molar-refractivity contribution >= 4 is 11.7 Å². The molecule has 2 aromatic rings. The van der Waals surface area contributed by atoms with Gasteiger partial charge in [-0.25, -0.2) is 14.4 Å². The first-order chi connectivity index (χ1) is 16.1. The number of aromatic nitrogens is 2. The van der Waals surface area contributed by atoms with E-state index < -0.39 is 24.2 Å². The molecule has 2 fully saturated rings. The Morgan fingerprint density at radius 1 is 1.15 bits per heavy atom. The summed E-state index contributed by atoms with van der Waals surface area (Å²) in [6, 6.07) is 3.82. The van der Waals surface area contributed by atoms with Crippen molar-refractivity contribution in [2.45, 2.75) is 64.3 Å². The molecule has 2 aliphatic rings. The topological polar surface area (TPSA) is 85.4 Å². The molecule has 1 aliphatic carbocycles. The number of hydrogen-bond donors (Lipinski definition) is 2. The molecule has 0 spiro atoms. The molecule has 0 unspecified atom stereocenters. The van der Waals surface area contributed by atoms with Crippen molar-refractivity contribution in [2.24, 2.45) is 0 Å². The molecule has 2 heterocycles. The molecule has 4 rings (SSSR count). The lowest BCUT2D eigenvalue weighted by Crippen LogP contribution is -2.45. The van der Waals surface area contributed by atoms with Gasteiger partial charge in [-0.2, -0.15) is 13.2 Å². The SMILES string of the molecule is Cc1nc(CC(=O)N[C@H]2C[C@H](F)C2)c(C2OCCO2)c(NCc2cccc(C(F)(F)F)c2C)n1. The summed E-state index contributed by atoms with van der Waals surface area (Å²) in [5.74, 6) is 0.390. The normalized spacial score (nSPS) is 20.8. The Bertz CT molecular complexity index is 1050. The predicted molar refractivity (Wildman–Crippen MR) is 115 cm³/mol. The van der Waals surface area contributed by atoms with Gasteiger partial charge < -0.3 is 20.1 Å². The lowest BCUT2D eigenvalue weighted by molar-refractivity contribution is -0.138. The molecule has 2 N–H and O–H groups in total. The quantitative estimate of drug-likeness (QED) is 0.582. The summed E-state index contributed by atoms with van der Waals surface area (Å²) >= 11 is 0. The number of amides is 1. The van der Waals surface area contributed by atoms with Gasteiger partial charge in [0.1, 0.15) is 17.8 Å². The number of halogens is 4. The molecule has 1 saturated heterocycles. The summed E-state index contributed by atoms with van der Waals surface area (Å²) in [6.45, 7) is 3.83. The molecular formula is C23H26F4N4O3. The van der Waals surface area contributed by atoms with Crippen LogP contribution in [0.1, 0.15) is 52.9 Å². The van der Waals surface area contributed by atoms with Crippen molar-refractivity contribution in [2.75, 3.05) is 18.5 Å². The summed E-state index contributed by atoms with van der Waals surface area (Å²) in [5, 5.41) is 5.88. The Labute approximate surface area is 194 Å². The van der Waals surface area contributed by atoms with Gasteiger partial charge in [0, 0.05) is 12.6 Å². The maximum atomic E-state index is 13.3. The fraction of sp³-hybridized carbons (Fsp3) is 0.522. The highest BCUT2D eigenvalue weighted by atomic mass is 19.4. The van der Waals surface area contributed by atoms with Crippen LogP contribution in [0.15, 0.2) is 18.2 Å². The Balaban J connectivity index is 1.59. The average Bonchev–Trinajstić information content (AvgIpc) is 3.25. The van der Waals surface area contributed by atoms with E-state index in [2.05, 4.69) is 20.6 Å². The number of carbonyl (C=O) groups excluding carboxylic acids is 1. The second kappa shape index (κ2) is 9.83. The zero-order valence-corrected chi connectivity index (χ0v) is 18.8. The Hall–Kier alpha value is -2.79. The van der Waals surface area contributed by atoms with Crippen LogP contribution in [0.5, 0.6) is 0 Å². The molecule has 1 amide bonds. The fourth-order valence-corrected chi connectivity index (χ4v) is 4.14. The van der Waals surface area contributed by atoms with Gasteiger partial charge >= 0.3 is 6.18 Å². The zero-order chi connectivity index (χ0) is 24.5. The molecule has 7 nitrogen and oxygen atoms in total. The minimum absolute atomic E-state index is 0.0670. The largest absolute Gasteiger partial charge is 0.416 e. The van der Waals surface area contributed by atoms with Crippen LogP contribution in [0.25, 0.3) is 0 Å². The fourth-order valence-electron chi connectivity index (χ4n) is 4.14. The van der Waals surface area contributed by atoms with Crippen LogP contribution >= 0.6 is 0 Å². The Kier molecular flexibility index (Phi) is 7.04. The highest BCUT2D eigenvalue weighted by Crippen LogP contribution is 2.34. The van der Waals surface area contributed by atoms with Gasteiger partial charge in [-0.1, -0.05) is 12.1 Å². The number of nitrogens with one attached hydrogen (secondary N) is 2. The Morgan fingerprint density at radius 2 is 1.85 bits per heavy atom. The minimum atomic E-state index is -4.45. The number of rotatable bonds is 7. The first kappa shape index (κ1) is 24.3. The molecule has 34 heavy (non-hydrogen) atoms. The first-order valence-electron chi connectivity index (χ1n) is 11.1. The van der Waals surface area contributed by atoms with Crippen molar-refractivity contribution in [3.05, 3.63) is 52.0 Å². The van der Waals surface area contributed by atoms with Gasteiger partial charge in [0.25, 0.3) is 0 Å². The van der Waals surface area contributed by atoms with Crippen LogP contribution in [-0.2, 0) is 33.4 Å². The van der Waals surface area contributed by atoms with Crippen LogP contribution in [0.3, 0.4) is 0 Å². The summed E-state index contributed by atoms with van der Waals surface area (Å²) in [6.07, 6.45) is -5.67. The third kappa shape index (κ3) is 5.47. The highest BCUT2D eigenvalue weighted by molar-refractivity contribution is 5.79. The van der Waals surface area contributed by atoms with E-state index in [1.54, 1.807) is 13.0 Å². The van der Waals surface area contributed by atoms with E-state index in [-0.39, 0.29) is 30.5 Å². The van der Waals surface area contributed by atoms with Gasteiger partial charge in [-0.3, -0.25) is 4.79 Å². The number of aryl methyl sites for hydroxylation is 1. The highest BCUT2D eigenvalue weighted by Gasteiger charge is 2.34. The lowest BCUT2D eigenvalue weighted by Gasteiger charge is -2.30. The van der Waals surface area contributed by atoms with Crippen molar-refractivity contribution in [3.8, 4) is 0 Å². The second-order valence-electron chi connectivity index (χ2n) is 8.50. The number of hydrogen-bond acceptors (Lipinski definition) is 6. The van der Waals surface area contributed by atoms with Crippen LogP contribution in [0.4, 0.5) is 23.4 Å². The summed E-state index contributed by atoms with van der Waals surface area (Å²) in [5.41, 5.74) is 0.693. The number of ether oxygens (including phenoxy) is 2. The summed E-state index contributed by atoms with van der Waals surface area (Å²) < 4.78 is 64.2. The van der Waals surface area contributed by atoms with Crippen molar-refractivity contribution in [1.82, 2.24) is 15.3 Å². The summed E-state index contributed by atoms with van der Waals surface area (Å²) in [7, 11) is 0. The van der Waals surface area contributed by atoms with E-state index in [1.807, 2.05) is 0 Å². The third-order valence-electron chi connectivity index (χ3n) is 5.97. The van der Waals surface area contributed by atoms with Gasteiger partial charge in [-0.15, -0.1) is 0 Å². The minimum Gasteiger partial charge on any atom is -0.365 e. The van der Waals surface area contributed by atoms with Crippen LogP contribution < -0.4 is 10.6 Å². The van der Waals surface area contributed by atoms with E-state index in [0.717, 1.165) is 6.07 Å². The van der Waals surface area contributed by atoms with Gasteiger partial charge in [0.2, 0.25) is 5.91 Å². The maximum Gasteiger partial charge on any atom is 0.416 e. The monoisotopic (exact) mass is 482 g/mol. The number of benzene rings is 1. The smallest absolute Gasteiger partial charge is 0.365 e. The average molecular weight is 482 g/mol. The van der Waals surface area contributed by atoms with Crippen LogP contribution in [0, 0.1) is 13.8 Å². The number of carbonyl (C=O) groups is 1. The zero-order valence-electron chi connectivity index (χ0n) is 18.8. The molecule has 1 saturated carbocycles. The van der Waals surface area contributed by atoms with E-state index in [9.17, 15) is 22.4 Å². The van der Waals surface area contributed by atoms with Crippen molar-refractivity contribution in [3.63, 3.8) is 0 Å². The molecule has 0 radical (unpaired) electrons. The molecule has 1 aromatic heterocycles. The van der Waals surface area contributed by atoms with E-state index in [0.29, 0.717) is 54.5 Å². The number of anilines is 1. The van der Waals surface area contributed by atoms with E-state index in [4.69, 9.17) is 9.47 Å². The lowest BCUT2D eigenvalue weighted by atomic mass is 9.90. The second-order valence-corrected chi connectivity index (χ2v) is 8.50. The van der Waals surface area contributed by atoms with Gasteiger partial charge in [0.15, 0.2) is 6.29 Å². The molecule has 11 heteroatoms. The molecule has 1 aliphatic heterocycles. The standard InChI is InChI=1S/C23H26F4N4O3/c1-12-14(4-3-5-17(12)23(25,26)27)11-28-21-20(22-33-6-7-34-22)18(29-13(2)30-21)10-19(32)31-16-8-15(24)9-16/h3-5,15-16,22H,6-11H2,1-2H3,(H,31,32)(H,28,29,30)/t15-,16-. The predicted octanol–water partition coefficient (Wildman–Crippen LogP) is 3.93. The summed E-state index contributed by atoms with van der Waals surface area (Å²) in [4.78, 5) is 21.4. The molecule has 184 valence electrons. The van der Waals surface area contributed by atoms with Gasteiger partial charge in [-0.05, 0) is 43.9 Å². The van der Waals surface area contributed by atoms with E-state index >= 15 is 0 Å². The number of alkyl halides is 4. The molecule has 0 bridgehead atoms. The first-order valence-corrected chi connectivity index (χ1v) is 11.1. The maximum absolute atomic E-state index is 13.3. The van der Waals surface area contributed by atoms with Crippen LogP contribution in [-0.4, -0.2) is 41.3 Å². The third-order valence-corrected chi connectivity index (χ3v) is 5.97.